The minimum absolute atomic E-state index is 0.0172. The molecule has 4 aromatic carbocycles. The highest BCUT2D eigenvalue weighted by Crippen LogP contribution is 2.49. The molecule has 15 heteroatoms. The van der Waals surface area contributed by atoms with Crippen molar-refractivity contribution in [2.45, 2.75) is 36.1 Å². The van der Waals surface area contributed by atoms with E-state index in [2.05, 4.69) is 10.3 Å². The molecule has 0 radical (unpaired) electrons. The largest absolute Gasteiger partial charge is 0.497 e. The maximum Gasteiger partial charge on any atom is 0.351 e. The van der Waals surface area contributed by atoms with Crippen LogP contribution in [0.25, 0.3) is 0 Å². The van der Waals surface area contributed by atoms with Crippen LogP contribution in [0.4, 0.5) is 5.82 Å². The van der Waals surface area contributed by atoms with Crippen molar-refractivity contribution in [3.8, 4) is 11.5 Å². The van der Waals surface area contributed by atoms with Crippen LogP contribution in [0.15, 0.2) is 120 Å². The third kappa shape index (κ3) is 7.70. The summed E-state index contributed by atoms with van der Waals surface area (Å²) >= 11 is 0. The van der Waals surface area contributed by atoms with Gasteiger partial charge >= 0.3 is 5.69 Å². The number of nitrogens with one attached hydrogen (secondary N) is 1. The van der Waals surface area contributed by atoms with Crippen LogP contribution in [-0.2, 0) is 29.3 Å². The summed E-state index contributed by atoms with van der Waals surface area (Å²) in [5.41, 5.74) is 0.900. The van der Waals surface area contributed by atoms with Gasteiger partial charge in [0.15, 0.2) is 11.8 Å². The van der Waals surface area contributed by atoms with E-state index < -0.39 is 59.9 Å². The monoisotopic (exact) mass is 794 g/mol. The lowest BCUT2D eigenvalue weighted by atomic mass is 9.78. The molecule has 0 spiro atoms. The number of rotatable bonds is 17. The van der Waals surface area contributed by atoms with Crippen molar-refractivity contribution >= 4 is 17.6 Å². The van der Waals surface area contributed by atoms with Gasteiger partial charge in [0.2, 0.25) is 5.60 Å². The number of carbonyl (C=O) groups excluding carboxylic acids is 2. The molecule has 0 bridgehead atoms. The molecule has 2 amide bonds. The fourth-order valence-corrected chi connectivity index (χ4v) is 7.17. The smallest absolute Gasteiger partial charge is 0.351 e. The van der Waals surface area contributed by atoms with Gasteiger partial charge in [0.1, 0.15) is 29.0 Å². The summed E-state index contributed by atoms with van der Waals surface area (Å²) in [5.74, 6) is -0.694. The number of aliphatic hydroxyl groups excluding tert-OH is 1. The second-order valence-electron chi connectivity index (χ2n) is 13.7. The van der Waals surface area contributed by atoms with Crippen molar-refractivity contribution in [3.63, 3.8) is 0 Å². The van der Waals surface area contributed by atoms with Crippen molar-refractivity contribution in [1.82, 2.24) is 9.55 Å². The molecule has 0 unspecified atom stereocenters. The molecule has 4 atom stereocenters. The number of aryl methyl sites for hydroxylation is 1. The van der Waals surface area contributed by atoms with Crippen molar-refractivity contribution in [3.05, 3.63) is 154 Å². The molecule has 1 aromatic heterocycles. The maximum absolute atomic E-state index is 13.9. The average Bonchev–Trinajstić information content (AvgIpc) is 3.51. The van der Waals surface area contributed by atoms with E-state index in [-0.39, 0.29) is 19.0 Å². The minimum Gasteiger partial charge on any atom is -0.497 e. The Hall–Kier alpha value is -5.94. The number of methoxy groups -OCH3 is 3. The van der Waals surface area contributed by atoms with Crippen LogP contribution < -0.4 is 26.2 Å². The summed E-state index contributed by atoms with van der Waals surface area (Å²) in [6.45, 7) is -0.293. The SMILES string of the molecule is COCCO[C@H]1[C@H](n2cc(C)c(NC(=O)c3ccccc3)nc2=O)O[C@](CO)(COC(c2ccccc2)(c2ccc(OC)cc2)c2ccc(OC)cc2)[C@]1(O)C(N)=O. The number of primary amides is 1. The summed E-state index contributed by atoms with van der Waals surface area (Å²) in [6.07, 6.45) is -1.99. The van der Waals surface area contributed by atoms with Gasteiger partial charge in [0.05, 0.1) is 40.6 Å². The molecule has 1 aliphatic heterocycles. The number of anilines is 1. The predicted molar refractivity (Wildman–Crippen MR) is 212 cm³/mol. The Kier molecular flexibility index (Phi) is 12.7. The summed E-state index contributed by atoms with van der Waals surface area (Å²) < 4.78 is 36.7. The number of aromatic nitrogens is 2. The van der Waals surface area contributed by atoms with E-state index >= 15 is 0 Å². The molecule has 0 aliphatic carbocycles. The molecular weight excluding hydrogens is 748 g/mol. The number of nitrogens with two attached hydrogens (primary N) is 1. The number of hydrogen-bond donors (Lipinski definition) is 4. The van der Waals surface area contributed by atoms with Gasteiger partial charge in [-0.05, 0) is 60.0 Å². The topological polar surface area (TPSA) is 203 Å². The predicted octanol–water partition coefficient (Wildman–Crippen LogP) is 3.34. The number of ether oxygens (including phenoxy) is 6. The van der Waals surface area contributed by atoms with Gasteiger partial charge in [-0.25, -0.2) is 4.79 Å². The van der Waals surface area contributed by atoms with Crippen molar-refractivity contribution in [1.29, 1.82) is 0 Å². The molecule has 15 nitrogen and oxygen atoms in total. The zero-order valence-electron chi connectivity index (χ0n) is 32.5. The zero-order valence-corrected chi connectivity index (χ0v) is 32.5. The number of amides is 2. The highest BCUT2D eigenvalue weighted by molar-refractivity contribution is 6.04. The van der Waals surface area contributed by atoms with Gasteiger partial charge in [-0.1, -0.05) is 72.8 Å². The Morgan fingerprint density at radius 2 is 1.41 bits per heavy atom. The molecule has 5 N–H and O–H groups in total. The molecule has 58 heavy (non-hydrogen) atoms. The van der Waals surface area contributed by atoms with E-state index in [1.54, 1.807) is 75.7 Å². The van der Waals surface area contributed by atoms with Crippen LogP contribution in [0.2, 0.25) is 0 Å². The lowest BCUT2D eigenvalue weighted by molar-refractivity contribution is -0.210. The molecule has 1 saturated heterocycles. The molecule has 5 aromatic rings. The van der Waals surface area contributed by atoms with Crippen LogP contribution in [0.3, 0.4) is 0 Å². The van der Waals surface area contributed by atoms with Gasteiger partial charge in [0.25, 0.3) is 11.8 Å². The molecule has 0 saturated carbocycles. The van der Waals surface area contributed by atoms with Crippen LogP contribution in [0, 0.1) is 6.92 Å². The normalized spacial score (nSPS) is 20.4. The first-order valence-corrected chi connectivity index (χ1v) is 18.3. The van der Waals surface area contributed by atoms with Gasteiger partial charge in [-0.3, -0.25) is 14.2 Å². The van der Waals surface area contributed by atoms with Crippen molar-refractivity contribution in [2.75, 3.05) is 53.1 Å². The fraction of sp³-hybridized carbons (Fsp3) is 0.302. The van der Waals surface area contributed by atoms with Crippen LogP contribution in [-0.4, -0.2) is 96.6 Å². The Morgan fingerprint density at radius 3 is 1.93 bits per heavy atom. The van der Waals surface area contributed by atoms with E-state index in [1.165, 1.54) is 13.3 Å². The first-order valence-electron chi connectivity index (χ1n) is 18.3. The summed E-state index contributed by atoms with van der Waals surface area (Å²) in [6, 6.07) is 31.9. The lowest BCUT2D eigenvalue weighted by Crippen LogP contribution is -2.68. The van der Waals surface area contributed by atoms with E-state index in [0.717, 1.165) is 4.57 Å². The Bertz CT molecular complexity index is 2190. The molecule has 6 rings (SSSR count). The minimum atomic E-state index is -2.84. The zero-order chi connectivity index (χ0) is 41.5. The summed E-state index contributed by atoms with van der Waals surface area (Å²) in [4.78, 5) is 44.6. The molecule has 1 fully saturated rings. The fourth-order valence-electron chi connectivity index (χ4n) is 7.17. The Morgan fingerprint density at radius 1 is 0.862 bits per heavy atom. The number of aliphatic hydroxyl groups is 2. The van der Waals surface area contributed by atoms with Crippen molar-refractivity contribution < 1.29 is 48.2 Å². The lowest BCUT2D eigenvalue weighted by Gasteiger charge is -2.43. The first-order chi connectivity index (χ1) is 28.0. The molecular formula is C43H46N4O11. The Labute approximate surface area is 334 Å². The van der Waals surface area contributed by atoms with Crippen LogP contribution >= 0.6 is 0 Å². The van der Waals surface area contributed by atoms with E-state index in [1.807, 2.05) is 54.6 Å². The summed E-state index contributed by atoms with van der Waals surface area (Å²) in [5, 5.41) is 26.6. The summed E-state index contributed by atoms with van der Waals surface area (Å²) in [7, 11) is 4.52. The van der Waals surface area contributed by atoms with Gasteiger partial charge in [0, 0.05) is 24.4 Å². The van der Waals surface area contributed by atoms with Crippen LogP contribution in [0.5, 0.6) is 11.5 Å². The second-order valence-corrected chi connectivity index (χ2v) is 13.7. The number of benzene rings is 4. The molecule has 1 aliphatic rings. The second kappa shape index (κ2) is 17.7. The van der Waals surface area contributed by atoms with E-state index in [9.17, 15) is 24.6 Å². The van der Waals surface area contributed by atoms with Gasteiger partial charge in [-0.15, -0.1) is 0 Å². The van der Waals surface area contributed by atoms with Crippen LogP contribution in [0.1, 0.15) is 38.8 Å². The third-order valence-electron chi connectivity index (χ3n) is 10.3. The highest BCUT2D eigenvalue weighted by Gasteiger charge is 2.71. The number of nitrogens with zero attached hydrogens (tertiary/aromatic N) is 2. The highest BCUT2D eigenvalue weighted by atomic mass is 16.6. The van der Waals surface area contributed by atoms with E-state index in [4.69, 9.17) is 34.2 Å². The Balaban J connectivity index is 1.48. The first kappa shape index (κ1) is 41.7. The molecule has 2 heterocycles. The maximum atomic E-state index is 13.9. The number of carbonyl (C=O) groups is 2. The van der Waals surface area contributed by atoms with Gasteiger partial charge in [-0.2, -0.15) is 4.98 Å². The standard InChI is InChI=1S/C43H46N4O11/c1-28-25-47(40(51)46-36(28)45-37(49)29-11-7-5-8-12-29)38-35(56-24-23-53-2)43(52,39(44)50)41(26-48,58-38)27-57-42(30-13-9-6-10-14-30,31-15-19-33(54-3)20-16-31)32-17-21-34(55-4)22-18-32/h5-22,25,35,38,48,52H,23-24,26-27H2,1-4H3,(H2,44,50)(H,45,46,49,51)/t35-,38+,41+,43+/m0/s1. The number of hydrogen-bond acceptors (Lipinski definition) is 12. The average molecular weight is 795 g/mol. The quantitative estimate of drug-likeness (QED) is 0.0792. The van der Waals surface area contributed by atoms with Gasteiger partial charge < -0.3 is 49.7 Å². The van der Waals surface area contributed by atoms with E-state index in [0.29, 0.717) is 39.3 Å². The third-order valence-corrected chi connectivity index (χ3v) is 10.3. The molecule has 304 valence electrons. The van der Waals surface area contributed by atoms with Crippen molar-refractivity contribution in [2.24, 2.45) is 5.73 Å².